The second-order valence-electron chi connectivity index (χ2n) is 4.56. The van der Waals surface area contributed by atoms with Crippen LogP contribution in [0.15, 0.2) is 18.5 Å². The van der Waals surface area contributed by atoms with E-state index in [-0.39, 0.29) is 0 Å². The zero-order valence-electron chi connectivity index (χ0n) is 11.5. The lowest BCUT2D eigenvalue weighted by atomic mass is 10.1. The first-order valence-corrected chi connectivity index (χ1v) is 6.41. The van der Waals surface area contributed by atoms with Gasteiger partial charge in [0, 0.05) is 26.1 Å². The van der Waals surface area contributed by atoms with Gasteiger partial charge in [-0.05, 0) is 25.8 Å². The molecular weight excluding hydrogens is 260 g/mol. The van der Waals surface area contributed by atoms with Crippen LogP contribution in [0.1, 0.15) is 18.5 Å². The summed E-state index contributed by atoms with van der Waals surface area (Å²) in [6.45, 7) is 2.42. The Morgan fingerprint density at radius 1 is 1.60 bits per heavy atom. The van der Waals surface area contributed by atoms with E-state index in [0.717, 1.165) is 11.2 Å². The van der Waals surface area contributed by atoms with Crippen molar-refractivity contribution in [3.63, 3.8) is 0 Å². The van der Waals surface area contributed by atoms with Crippen LogP contribution in [0.5, 0.6) is 0 Å². The van der Waals surface area contributed by atoms with Crippen LogP contribution in [0.25, 0.3) is 5.52 Å². The molecule has 2 N–H and O–H groups in total. The maximum absolute atomic E-state index is 11.3. The number of hydrogen-bond acceptors (Lipinski definition) is 5. The smallest absolute Gasteiger partial charge is 0.326 e. The van der Waals surface area contributed by atoms with Crippen molar-refractivity contribution >= 4 is 17.3 Å². The molecule has 1 atom stereocenters. The van der Waals surface area contributed by atoms with E-state index in [0.29, 0.717) is 25.3 Å². The van der Waals surface area contributed by atoms with Gasteiger partial charge in [-0.2, -0.15) is 5.10 Å². The number of nitrogens with one attached hydrogen (secondary N) is 1. The molecule has 7 heteroatoms. The Balaban J connectivity index is 2.17. The minimum absolute atomic E-state index is 0.471. The van der Waals surface area contributed by atoms with Crippen molar-refractivity contribution in [2.45, 2.75) is 25.8 Å². The lowest BCUT2D eigenvalue weighted by molar-refractivity contribution is -0.138. The predicted molar refractivity (Wildman–Crippen MR) is 73.9 cm³/mol. The standard InChI is InChI=1S/C13H18N4O3/c1-9-8-11-12(14-5-6-17(11)16-9)15-10(13(18)19)4-3-7-20-2/h5-6,8,10H,3-4,7H2,1-2H3,(H,14,15)(H,18,19). The molecule has 0 saturated heterocycles. The van der Waals surface area contributed by atoms with Gasteiger partial charge >= 0.3 is 5.97 Å². The first kappa shape index (κ1) is 14.3. The number of fused-ring (bicyclic) bond motifs is 1. The Kier molecular flexibility index (Phi) is 4.52. The molecule has 0 aliphatic carbocycles. The van der Waals surface area contributed by atoms with Crippen LogP contribution in [-0.2, 0) is 9.53 Å². The number of anilines is 1. The molecule has 0 radical (unpaired) electrons. The molecule has 0 spiro atoms. The highest BCUT2D eigenvalue weighted by Crippen LogP contribution is 2.16. The molecule has 2 aromatic rings. The fourth-order valence-electron chi connectivity index (χ4n) is 2.01. The number of aliphatic carboxylic acids is 1. The summed E-state index contributed by atoms with van der Waals surface area (Å²) in [5.41, 5.74) is 1.62. The topological polar surface area (TPSA) is 88.8 Å². The Hall–Kier alpha value is -2.15. The van der Waals surface area contributed by atoms with Gasteiger partial charge in [-0.3, -0.25) is 0 Å². The highest BCUT2D eigenvalue weighted by Gasteiger charge is 2.18. The van der Waals surface area contributed by atoms with Crippen molar-refractivity contribution in [1.82, 2.24) is 14.6 Å². The maximum Gasteiger partial charge on any atom is 0.326 e. The third kappa shape index (κ3) is 3.24. The van der Waals surface area contributed by atoms with Gasteiger partial charge in [0.1, 0.15) is 11.6 Å². The highest BCUT2D eigenvalue weighted by atomic mass is 16.5. The molecule has 0 amide bonds. The van der Waals surface area contributed by atoms with E-state index in [2.05, 4.69) is 15.4 Å². The molecule has 1 unspecified atom stereocenters. The van der Waals surface area contributed by atoms with E-state index in [9.17, 15) is 9.90 Å². The van der Waals surface area contributed by atoms with Gasteiger partial charge in [-0.15, -0.1) is 0 Å². The largest absolute Gasteiger partial charge is 0.480 e. The summed E-state index contributed by atoms with van der Waals surface area (Å²) in [5.74, 6) is -0.376. The molecule has 0 aliphatic rings. The number of carboxylic acids is 1. The Labute approximate surface area is 116 Å². The third-order valence-electron chi connectivity index (χ3n) is 2.96. The molecule has 20 heavy (non-hydrogen) atoms. The van der Waals surface area contributed by atoms with Crippen molar-refractivity contribution in [1.29, 1.82) is 0 Å². The molecular formula is C13H18N4O3. The number of methoxy groups -OCH3 is 1. The van der Waals surface area contributed by atoms with E-state index in [1.165, 1.54) is 0 Å². The predicted octanol–water partition coefficient (Wildman–Crippen LogP) is 1.33. The SMILES string of the molecule is COCCCC(Nc1nccn2nc(C)cc12)C(=O)O. The van der Waals surface area contributed by atoms with Crippen molar-refractivity contribution in [2.75, 3.05) is 19.0 Å². The molecule has 7 nitrogen and oxygen atoms in total. The van der Waals surface area contributed by atoms with Gasteiger partial charge in [0.25, 0.3) is 0 Å². The van der Waals surface area contributed by atoms with Crippen molar-refractivity contribution in [3.05, 3.63) is 24.2 Å². The number of ether oxygens (including phenoxy) is 1. The molecule has 2 rings (SSSR count). The van der Waals surface area contributed by atoms with Crippen LogP contribution in [0.3, 0.4) is 0 Å². The van der Waals surface area contributed by atoms with E-state index >= 15 is 0 Å². The molecule has 2 heterocycles. The molecule has 0 aliphatic heterocycles. The van der Waals surface area contributed by atoms with Gasteiger partial charge in [-0.25, -0.2) is 14.3 Å². The van der Waals surface area contributed by atoms with E-state index in [4.69, 9.17) is 4.74 Å². The van der Waals surface area contributed by atoms with Crippen molar-refractivity contribution in [2.24, 2.45) is 0 Å². The highest BCUT2D eigenvalue weighted by molar-refractivity contribution is 5.79. The number of hydrogen-bond donors (Lipinski definition) is 2. The van der Waals surface area contributed by atoms with Crippen molar-refractivity contribution < 1.29 is 14.6 Å². The van der Waals surface area contributed by atoms with Gasteiger partial charge in [0.05, 0.1) is 5.69 Å². The number of aryl methyl sites for hydroxylation is 1. The number of nitrogens with zero attached hydrogens (tertiary/aromatic N) is 3. The second kappa shape index (κ2) is 6.33. The normalized spacial score (nSPS) is 12.5. The second-order valence-corrected chi connectivity index (χ2v) is 4.56. The summed E-state index contributed by atoms with van der Waals surface area (Å²) < 4.78 is 6.62. The number of rotatable bonds is 7. The van der Waals surface area contributed by atoms with Gasteiger partial charge < -0.3 is 15.2 Å². The Bertz CT molecular complexity index is 596. The number of carboxylic acid groups (broad SMARTS) is 1. The number of aromatic nitrogens is 3. The molecule has 108 valence electrons. The van der Waals surface area contributed by atoms with Gasteiger partial charge in [0.2, 0.25) is 0 Å². The van der Waals surface area contributed by atoms with Crippen LogP contribution >= 0.6 is 0 Å². The van der Waals surface area contributed by atoms with Crippen LogP contribution in [0.2, 0.25) is 0 Å². The zero-order valence-corrected chi connectivity index (χ0v) is 11.5. The zero-order chi connectivity index (χ0) is 14.5. The third-order valence-corrected chi connectivity index (χ3v) is 2.96. The average molecular weight is 278 g/mol. The first-order valence-electron chi connectivity index (χ1n) is 6.41. The summed E-state index contributed by atoms with van der Waals surface area (Å²) >= 11 is 0. The lowest BCUT2D eigenvalue weighted by Crippen LogP contribution is -2.30. The van der Waals surface area contributed by atoms with Gasteiger partial charge in [0.15, 0.2) is 5.82 Å². The van der Waals surface area contributed by atoms with Crippen LogP contribution in [-0.4, -0.2) is 45.4 Å². The summed E-state index contributed by atoms with van der Waals surface area (Å²) in [4.78, 5) is 15.5. The van der Waals surface area contributed by atoms with Gasteiger partial charge in [-0.1, -0.05) is 0 Å². The molecule has 0 aromatic carbocycles. The molecule has 0 saturated carbocycles. The first-order chi connectivity index (χ1) is 9.61. The van der Waals surface area contributed by atoms with Crippen LogP contribution in [0.4, 0.5) is 5.82 Å². The van der Waals surface area contributed by atoms with Crippen LogP contribution < -0.4 is 5.32 Å². The lowest BCUT2D eigenvalue weighted by Gasteiger charge is -2.15. The quantitative estimate of drug-likeness (QED) is 0.743. The van der Waals surface area contributed by atoms with E-state index in [1.807, 2.05) is 13.0 Å². The van der Waals surface area contributed by atoms with E-state index in [1.54, 1.807) is 24.0 Å². The summed E-state index contributed by atoms with van der Waals surface area (Å²) in [7, 11) is 1.60. The minimum Gasteiger partial charge on any atom is -0.480 e. The Morgan fingerprint density at radius 2 is 2.40 bits per heavy atom. The summed E-state index contributed by atoms with van der Waals surface area (Å²) in [6.07, 6.45) is 4.46. The monoisotopic (exact) mass is 278 g/mol. The summed E-state index contributed by atoms with van der Waals surface area (Å²) in [6, 6.07) is 1.17. The van der Waals surface area contributed by atoms with Crippen LogP contribution in [0, 0.1) is 6.92 Å². The minimum atomic E-state index is -0.902. The summed E-state index contributed by atoms with van der Waals surface area (Å²) in [5, 5.41) is 16.5. The average Bonchev–Trinajstić information content (AvgIpc) is 2.78. The number of carbonyl (C=O) groups is 1. The molecule has 0 bridgehead atoms. The molecule has 2 aromatic heterocycles. The molecule has 0 fully saturated rings. The maximum atomic E-state index is 11.3. The van der Waals surface area contributed by atoms with E-state index < -0.39 is 12.0 Å². The Morgan fingerprint density at radius 3 is 3.10 bits per heavy atom. The fourth-order valence-corrected chi connectivity index (χ4v) is 2.01. The van der Waals surface area contributed by atoms with Crippen molar-refractivity contribution in [3.8, 4) is 0 Å². The fraction of sp³-hybridized carbons (Fsp3) is 0.462.